The van der Waals surface area contributed by atoms with E-state index in [0.717, 1.165) is 77.8 Å². The van der Waals surface area contributed by atoms with Crippen LogP contribution in [0.25, 0.3) is 0 Å². The summed E-state index contributed by atoms with van der Waals surface area (Å²) in [5.74, 6) is 0. The summed E-state index contributed by atoms with van der Waals surface area (Å²) in [6.45, 7) is 10.1. The van der Waals surface area contributed by atoms with E-state index in [1.54, 1.807) is 19.1 Å². The van der Waals surface area contributed by atoms with Gasteiger partial charge in [-0.25, -0.2) is 4.79 Å². The van der Waals surface area contributed by atoms with Gasteiger partial charge in [-0.3, -0.25) is 9.80 Å². The maximum absolute atomic E-state index is 12.4. The molecule has 0 saturated carbocycles. The predicted octanol–water partition coefficient (Wildman–Crippen LogP) is 0.710. The molecule has 1 amide bonds. The minimum absolute atomic E-state index is 0.278. The molecule has 1 fully saturated rings. The fourth-order valence-corrected chi connectivity index (χ4v) is 4.99. The van der Waals surface area contributed by atoms with E-state index in [0.29, 0.717) is 32.7 Å². The van der Waals surface area contributed by atoms with Gasteiger partial charge in [0.05, 0.1) is 38.6 Å². The van der Waals surface area contributed by atoms with E-state index in [4.69, 9.17) is 14.2 Å². The third-order valence-electron chi connectivity index (χ3n) is 6.93. The van der Waals surface area contributed by atoms with Gasteiger partial charge in [-0.1, -0.05) is 19.8 Å². The summed E-state index contributed by atoms with van der Waals surface area (Å²) in [4.78, 5) is 20.9. The summed E-state index contributed by atoms with van der Waals surface area (Å²) in [5.41, 5.74) is 0. The number of ether oxygens (including phenoxy) is 3. The van der Waals surface area contributed by atoms with E-state index in [1.165, 1.54) is 7.11 Å². The number of β-amino-alcohol motifs (C(OH)–C–C–N with tert-alkyl or cyclic N) is 3. The van der Waals surface area contributed by atoms with Gasteiger partial charge >= 0.3 is 6.09 Å². The highest BCUT2D eigenvalue weighted by Gasteiger charge is 2.20. The number of rotatable bonds is 13. The Labute approximate surface area is 230 Å². The average Bonchev–Trinajstić information content (AvgIpc) is 2.88. The van der Waals surface area contributed by atoms with Crippen LogP contribution in [-0.4, -0.2) is 166 Å². The number of aliphatic hydroxyl groups excluding tert-OH is 3. The predicted molar refractivity (Wildman–Crippen MR) is 148 cm³/mol. The van der Waals surface area contributed by atoms with E-state index >= 15 is 0 Å². The van der Waals surface area contributed by atoms with Crippen molar-refractivity contribution < 1.29 is 34.3 Å². The van der Waals surface area contributed by atoms with Crippen molar-refractivity contribution in [1.29, 1.82) is 0 Å². The smallest absolute Gasteiger partial charge is 0.409 e. The number of methoxy groups -OCH3 is 3. The van der Waals surface area contributed by atoms with Crippen molar-refractivity contribution in [3.05, 3.63) is 0 Å². The molecule has 0 aliphatic carbocycles. The number of hydrogen-bond acceptors (Lipinski definition) is 10. The molecule has 0 aromatic carbocycles. The van der Waals surface area contributed by atoms with Crippen LogP contribution < -0.4 is 0 Å². The standard InChI is InChI=1S/C27H56N4O7/c1-5-6-10-24(32)19-29-14-9-16-31(27(35)38-4)15-8-13-28(20-25(33)22-36-2)11-7-12-30(18-17-29)21-26(34)23-37-3/h24-26,32-34H,5-23H2,1-4H3. The molecule has 1 heterocycles. The number of carbonyl (C=O) groups is 1. The Bertz CT molecular complexity index is 590. The Morgan fingerprint density at radius 1 is 0.684 bits per heavy atom. The molecule has 3 atom stereocenters. The molecule has 1 aliphatic rings. The fourth-order valence-electron chi connectivity index (χ4n) is 4.99. The van der Waals surface area contributed by atoms with Crippen LogP contribution in [0, 0.1) is 0 Å². The van der Waals surface area contributed by atoms with E-state index in [2.05, 4.69) is 21.6 Å². The Hall–Kier alpha value is -1.05. The van der Waals surface area contributed by atoms with Gasteiger partial charge < -0.3 is 39.3 Å². The van der Waals surface area contributed by atoms with Crippen molar-refractivity contribution in [2.75, 3.05) is 107 Å². The molecule has 1 aliphatic heterocycles. The van der Waals surface area contributed by atoms with Gasteiger partial charge in [0.2, 0.25) is 0 Å². The molecule has 11 heteroatoms. The first-order valence-corrected chi connectivity index (χ1v) is 14.3. The number of amides is 1. The Morgan fingerprint density at radius 3 is 1.53 bits per heavy atom. The molecule has 0 aromatic rings. The average molecular weight is 549 g/mol. The second kappa shape index (κ2) is 21.7. The minimum atomic E-state index is -0.578. The maximum atomic E-state index is 12.4. The summed E-state index contributed by atoms with van der Waals surface area (Å²) in [6, 6.07) is 0. The Balaban J connectivity index is 2.99. The van der Waals surface area contributed by atoms with Gasteiger partial charge in [0.25, 0.3) is 0 Å². The molecule has 0 radical (unpaired) electrons. The van der Waals surface area contributed by atoms with Crippen LogP contribution in [0.2, 0.25) is 0 Å². The van der Waals surface area contributed by atoms with Crippen LogP contribution in [0.3, 0.4) is 0 Å². The lowest BCUT2D eigenvalue weighted by Gasteiger charge is -2.31. The van der Waals surface area contributed by atoms with E-state index in [9.17, 15) is 20.1 Å². The summed E-state index contributed by atoms with van der Waals surface area (Å²) < 4.78 is 15.3. The van der Waals surface area contributed by atoms with Crippen LogP contribution in [0.15, 0.2) is 0 Å². The topological polar surface area (TPSA) is 118 Å². The first-order valence-electron chi connectivity index (χ1n) is 14.3. The largest absolute Gasteiger partial charge is 0.453 e. The molecule has 38 heavy (non-hydrogen) atoms. The van der Waals surface area contributed by atoms with Gasteiger partial charge in [-0.15, -0.1) is 0 Å². The van der Waals surface area contributed by atoms with Crippen LogP contribution >= 0.6 is 0 Å². The SMILES string of the molecule is CCCCC(O)CN1CCCN(C(=O)OC)CCCN(CC(O)COC)CCCN(CC(O)COC)CC1. The van der Waals surface area contributed by atoms with Gasteiger partial charge in [-0.2, -0.15) is 0 Å². The summed E-state index contributed by atoms with van der Waals surface area (Å²) in [6.07, 6.45) is 3.39. The van der Waals surface area contributed by atoms with E-state index in [1.807, 2.05) is 0 Å². The van der Waals surface area contributed by atoms with Gasteiger partial charge in [0, 0.05) is 60.0 Å². The van der Waals surface area contributed by atoms with Gasteiger partial charge in [-0.05, 0) is 51.9 Å². The van der Waals surface area contributed by atoms with Crippen molar-refractivity contribution in [1.82, 2.24) is 19.6 Å². The molecular weight excluding hydrogens is 492 g/mol. The van der Waals surface area contributed by atoms with Crippen molar-refractivity contribution >= 4 is 6.09 Å². The number of nitrogens with zero attached hydrogens (tertiary/aromatic N) is 4. The normalized spacial score (nSPS) is 20.9. The lowest BCUT2D eigenvalue weighted by atomic mass is 10.1. The van der Waals surface area contributed by atoms with Crippen molar-refractivity contribution in [3.8, 4) is 0 Å². The highest BCUT2D eigenvalue weighted by atomic mass is 16.5. The summed E-state index contributed by atoms with van der Waals surface area (Å²) >= 11 is 0. The molecule has 0 aromatic heterocycles. The van der Waals surface area contributed by atoms with Gasteiger partial charge in [0.15, 0.2) is 0 Å². The first kappa shape index (κ1) is 35.0. The van der Waals surface area contributed by atoms with Crippen LogP contribution in [0.4, 0.5) is 4.79 Å². The maximum Gasteiger partial charge on any atom is 0.409 e. The zero-order valence-electron chi connectivity index (χ0n) is 24.4. The molecule has 11 nitrogen and oxygen atoms in total. The summed E-state index contributed by atoms with van der Waals surface area (Å²) in [5, 5.41) is 31.4. The second-order valence-corrected chi connectivity index (χ2v) is 10.4. The molecule has 0 spiro atoms. The van der Waals surface area contributed by atoms with Gasteiger partial charge in [0.1, 0.15) is 0 Å². The van der Waals surface area contributed by atoms with E-state index < -0.39 is 12.2 Å². The number of hydrogen-bond donors (Lipinski definition) is 3. The third kappa shape index (κ3) is 16.1. The minimum Gasteiger partial charge on any atom is -0.453 e. The van der Waals surface area contributed by atoms with E-state index in [-0.39, 0.29) is 25.4 Å². The molecule has 3 N–H and O–H groups in total. The highest BCUT2D eigenvalue weighted by molar-refractivity contribution is 5.67. The number of unbranched alkanes of at least 4 members (excludes halogenated alkanes) is 1. The van der Waals surface area contributed by atoms with Crippen molar-refractivity contribution in [3.63, 3.8) is 0 Å². The highest BCUT2D eigenvalue weighted by Crippen LogP contribution is 2.08. The lowest BCUT2D eigenvalue weighted by molar-refractivity contribution is 0.0281. The molecule has 0 bridgehead atoms. The van der Waals surface area contributed by atoms with Crippen molar-refractivity contribution in [2.45, 2.75) is 63.8 Å². The third-order valence-corrected chi connectivity index (χ3v) is 6.93. The Kier molecular flexibility index (Phi) is 20.0. The fraction of sp³-hybridized carbons (Fsp3) is 0.963. The van der Waals surface area contributed by atoms with Crippen LogP contribution in [-0.2, 0) is 14.2 Å². The zero-order chi connectivity index (χ0) is 28.2. The molecule has 3 unspecified atom stereocenters. The van der Waals surface area contributed by atoms with Crippen LogP contribution in [0.1, 0.15) is 45.4 Å². The van der Waals surface area contributed by atoms with Crippen molar-refractivity contribution in [2.24, 2.45) is 0 Å². The lowest BCUT2D eigenvalue weighted by Crippen LogP contribution is -2.44. The first-order chi connectivity index (χ1) is 18.3. The molecule has 1 rings (SSSR count). The zero-order valence-corrected chi connectivity index (χ0v) is 24.4. The Morgan fingerprint density at radius 2 is 1.11 bits per heavy atom. The molecule has 1 saturated heterocycles. The number of carbonyl (C=O) groups excluding carboxylic acids is 1. The molecular formula is C27H56N4O7. The quantitative estimate of drug-likeness (QED) is 0.304. The van der Waals surface area contributed by atoms with Crippen LogP contribution in [0.5, 0.6) is 0 Å². The monoisotopic (exact) mass is 548 g/mol. The second-order valence-electron chi connectivity index (χ2n) is 10.4. The summed E-state index contributed by atoms with van der Waals surface area (Å²) in [7, 11) is 4.59. The number of aliphatic hydroxyl groups is 3. The molecule has 226 valence electrons.